The number of carbonyl (C=O) groups is 1. The molecule has 1 unspecified atom stereocenters. The van der Waals surface area contributed by atoms with Gasteiger partial charge in [-0.05, 0) is 17.7 Å². The van der Waals surface area contributed by atoms with E-state index in [1.165, 1.54) is 0 Å². The normalized spacial score (nSPS) is 17.4. The van der Waals surface area contributed by atoms with Crippen molar-refractivity contribution in [3.8, 4) is 0 Å². The van der Waals surface area contributed by atoms with Gasteiger partial charge in [-0.25, -0.2) is 0 Å². The monoisotopic (exact) mass is 371 g/mol. The molecule has 0 radical (unpaired) electrons. The molecule has 0 bridgehead atoms. The van der Waals surface area contributed by atoms with E-state index < -0.39 is 0 Å². The van der Waals surface area contributed by atoms with Crippen LogP contribution in [0.3, 0.4) is 0 Å². The number of hydrogen-bond acceptors (Lipinski definition) is 5. The average Bonchev–Trinajstić information content (AvgIpc) is 3.03. The number of methoxy groups -OCH3 is 1. The SMILES string of the molecule is COCc1cc(C(=O)N2CCNCC2c2cccc(Cl)c2)no1.Cl. The van der Waals surface area contributed by atoms with E-state index in [4.69, 9.17) is 20.9 Å². The molecule has 1 aliphatic rings. The zero-order valence-corrected chi connectivity index (χ0v) is 14.8. The highest BCUT2D eigenvalue weighted by Crippen LogP contribution is 2.26. The van der Waals surface area contributed by atoms with Crippen LogP contribution in [0.4, 0.5) is 0 Å². The molecule has 1 aromatic heterocycles. The Bertz CT molecular complexity index is 693. The Balaban J connectivity index is 0.00000208. The molecule has 3 rings (SSSR count). The van der Waals surface area contributed by atoms with Gasteiger partial charge in [-0.3, -0.25) is 4.79 Å². The lowest BCUT2D eigenvalue weighted by molar-refractivity contribution is 0.0623. The summed E-state index contributed by atoms with van der Waals surface area (Å²) in [7, 11) is 1.56. The molecule has 2 heterocycles. The minimum Gasteiger partial charge on any atom is -0.377 e. The zero-order valence-electron chi connectivity index (χ0n) is 13.2. The highest BCUT2D eigenvalue weighted by molar-refractivity contribution is 6.30. The molecule has 1 saturated heterocycles. The molecule has 0 spiro atoms. The van der Waals surface area contributed by atoms with Crippen molar-refractivity contribution in [2.45, 2.75) is 12.6 Å². The molecule has 6 nitrogen and oxygen atoms in total. The zero-order chi connectivity index (χ0) is 16.2. The van der Waals surface area contributed by atoms with Crippen LogP contribution in [0.25, 0.3) is 0 Å². The Labute approximate surface area is 151 Å². The largest absolute Gasteiger partial charge is 0.377 e. The number of rotatable bonds is 4. The van der Waals surface area contributed by atoms with Gasteiger partial charge in [-0.2, -0.15) is 0 Å². The van der Waals surface area contributed by atoms with E-state index in [9.17, 15) is 4.79 Å². The predicted molar refractivity (Wildman–Crippen MR) is 92.6 cm³/mol. The van der Waals surface area contributed by atoms with Crippen LogP contribution in [0.1, 0.15) is 27.9 Å². The minimum atomic E-state index is -0.150. The maximum absolute atomic E-state index is 12.8. The van der Waals surface area contributed by atoms with E-state index in [2.05, 4.69) is 10.5 Å². The number of amides is 1. The van der Waals surface area contributed by atoms with E-state index in [0.717, 1.165) is 12.1 Å². The van der Waals surface area contributed by atoms with Crippen molar-refractivity contribution < 1.29 is 14.1 Å². The first-order chi connectivity index (χ1) is 11.2. The summed E-state index contributed by atoms with van der Waals surface area (Å²) in [6, 6.07) is 9.12. The smallest absolute Gasteiger partial charge is 0.276 e. The first kappa shape index (κ1) is 18.7. The minimum absolute atomic E-state index is 0. The molecule has 2 aromatic rings. The second kappa shape index (κ2) is 8.48. The van der Waals surface area contributed by atoms with E-state index >= 15 is 0 Å². The molecule has 130 valence electrons. The fourth-order valence-electron chi connectivity index (χ4n) is 2.73. The van der Waals surface area contributed by atoms with Crippen LogP contribution in [0.15, 0.2) is 34.9 Å². The highest BCUT2D eigenvalue weighted by Gasteiger charge is 2.30. The van der Waals surface area contributed by atoms with Crippen molar-refractivity contribution in [1.82, 2.24) is 15.4 Å². The third-order valence-electron chi connectivity index (χ3n) is 3.80. The van der Waals surface area contributed by atoms with Gasteiger partial charge in [0.15, 0.2) is 11.5 Å². The van der Waals surface area contributed by atoms with Gasteiger partial charge in [0.25, 0.3) is 5.91 Å². The number of halogens is 2. The van der Waals surface area contributed by atoms with Crippen molar-refractivity contribution in [3.05, 3.63) is 52.4 Å². The van der Waals surface area contributed by atoms with Crippen molar-refractivity contribution in [2.24, 2.45) is 0 Å². The second-order valence-electron chi connectivity index (χ2n) is 5.38. The third-order valence-corrected chi connectivity index (χ3v) is 4.04. The number of hydrogen-bond donors (Lipinski definition) is 1. The van der Waals surface area contributed by atoms with Crippen molar-refractivity contribution in [3.63, 3.8) is 0 Å². The Morgan fingerprint density at radius 2 is 2.33 bits per heavy atom. The van der Waals surface area contributed by atoms with Gasteiger partial charge in [-0.15, -0.1) is 12.4 Å². The summed E-state index contributed by atoms with van der Waals surface area (Å²) in [5.74, 6) is 0.382. The summed E-state index contributed by atoms with van der Waals surface area (Å²) in [5, 5.41) is 7.83. The maximum atomic E-state index is 12.8. The van der Waals surface area contributed by atoms with Crippen LogP contribution in [0, 0.1) is 0 Å². The van der Waals surface area contributed by atoms with E-state index in [0.29, 0.717) is 36.2 Å². The van der Waals surface area contributed by atoms with Gasteiger partial charge in [0.2, 0.25) is 0 Å². The summed E-state index contributed by atoms with van der Waals surface area (Å²) in [6.45, 7) is 2.31. The molecule has 1 fully saturated rings. The quantitative estimate of drug-likeness (QED) is 0.894. The number of ether oxygens (including phenoxy) is 1. The third kappa shape index (κ3) is 4.08. The fourth-order valence-corrected chi connectivity index (χ4v) is 2.93. The number of nitrogens with zero attached hydrogens (tertiary/aromatic N) is 2. The van der Waals surface area contributed by atoms with Crippen molar-refractivity contribution in [2.75, 3.05) is 26.7 Å². The average molecular weight is 372 g/mol. The Hall–Kier alpha value is -1.60. The number of piperazine rings is 1. The number of nitrogens with one attached hydrogen (secondary N) is 1. The van der Waals surface area contributed by atoms with Crippen LogP contribution in [-0.2, 0) is 11.3 Å². The van der Waals surface area contributed by atoms with Gasteiger partial charge in [0, 0.05) is 37.8 Å². The highest BCUT2D eigenvalue weighted by atomic mass is 35.5. The van der Waals surface area contributed by atoms with Gasteiger partial charge in [0.05, 0.1) is 6.04 Å². The topological polar surface area (TPSA) is 67.6 Å². The maximum Gasteiger partial charge on any atom is 0.276 e. The van der Waals surface area contributed by atoms with Crippen molar-refractivity contribution in [1.29, 1.82) is 0 Å². The Kier molecular flexibility index (Phi) is 6.62. The summed E-state index contributed by atoms with van der Waals surface area (Å²) >= 11 is 6.08. The predicted octanol–water partition coefficient (Wildman–Crippen LogP) is 2.68. The number of carbonyl (C=O) groups excluding carboxylic acids is 1. The lowest BCUT2D eigenvalue weighted by Crippen LogP contribution is -2.48. The van der Waals surface area contributed by atoms with Gasteiger partial charge < -0.3 is 19.5 Å². The summed E-state index contributed by atoms with van der Waals surface area (Å²) in [4.78, 5) is 14.6. The van der Waals surface area contributed by atoms with E-state index in [1.807, 2.05) is 24.3 Å². The molecule has 1 amide bonds. The molecule has 24 heavy (non-hydrogen) atoms. The fraction of sp³-hybridized carbons (Fsp3) is 0.375. The van der Waals surface area contributed by atoms with Crippen LogP contribution in [-0.4, -0.2) is 42.7 Å². The number of aromatic nitrogens is 1. The lowest BCUT2D eigenvalue weighted by atomic mass is 10.0. The lowest BCUT2D eigenvalue weighted by Gasteiger charge is -2.36. The summed E-state index contributed by atoms with van der Waals surface area (Å²) < 4.78 is 10.1. The van der Waals surface area contributed by atoms with Crippen LogP contribution < -0.4 is 5.32 Å². The standard InChI is InChI=1S/C16H18ClN3O3.ClH/c1-22-10-13-8-14(19-23-13)16(21)20-6-5-18-9-15(20)11-3-2-4-12(17)7-11;/h2-4,7-8,15,18H,5-6,9-10H2,1H3;1H. The first-order valence-electron chi connectivity index (χ1n) is 7.40. The van der Waals surface area contributed by atoms with Gasteiger partial charge >= 0.3 is 0 Å². The molecule has 1 aromatic carbocycles. The van der Waals surface area contributed by atoms with Gasteiger partial charge in [-0.1, -0.05) is 28.9 Å². The summed E-state index contributed by atoms with van der Waals surface area (Å²) in [6.07, 6.45) is 0. The Morgan fingerprint density at radius 1 is 1.50 bits per heavy atom. The molecule has 1 aliphatic heterocycles. The first-order valence-corrected chi connectivity index (χ1v) is 7.78. The molecule has 0 saturated carbocycles. The van der Waals surface area contributed by atoms with Gasteiger partial charge in [0.1, 0.15) is 6.61 Å². The van der Waals surface area contributed by atoms with Crippen LogP contribution >= 0.6 is 24.0 Å². The van der Waals surface area contributed by atoms with Crippen LogP contribution in [0.5, 0.6) is 0 Å². The van der Waals surface area contributed by atoms with E-state index in [-0.39, 0.29) is 24.4 Å². The molecular weight excluding hydrogens is 353 g/mol. The van der Waals surface area contributed by atoms with Crippen molar-refractivity contribution >= 4 is 29.9 Å². The summed E-state index contributed by atoms with van der Waals surface area (Å²) in [5.41, 5.74) is 1.30. The molecule has 1 atom stereocenters. The molecular formula is C16H19Cl2N3O3. The molecule has 8 heteroatoms. The van der Waals surface area contributed by atoms with Crippen LogP contribution in [0.2, 0.25) is 5.02 Å². The van der Waals surface area contributed by atoms with E-state index in [1.54, 1.807) is 18.1 Å². The second-order valence-corrected chi connectivity index (χ2v) is 5.82. The molecule has 0 aliphatic carbocycles. The molecule has 1 N–H and O–H groups in total. The Morgan fingerprint density at radius 3 is 3.08 bits per heavy atom. The number of benzene rings is 1.